The molecule has 1 aliphatic heterocycles. The summed E-state index contributed by atoms with van der Waals surface area (Å²) < 4.78 is 16.7. The molecule has 0 amide bonds. The Balaban J connectivity index is 1.15. The smallest absolute Gasteiger partial charge is 0.259 e. The number of benzene rings is 2. The van der Waals surface area contributed by atoms with Crippen molar-refractivity contribution in [3.05, 3.63) is 78.6 Å². The topological polar surface area (TPSA) is 73.5 Å². The van der Waals surface area contributed by atoms with Gasteiger partial charge < -0.3 is 14.0 Å². The first-order chi connectivity index (χ1) is 15.3. The lowest BCUT2D eigenvalue weighted by atomic mass is 10.1. The van der Waals surface area contributed by atoms with E-state index in [1.165, 1.54) is 5.56 Å². The van der Waals surface area contributed by atoms with E-state index in [9.17, 15) is 0 Å². The number of ether oxygens (including phenoxy) is 2. The molecule has 1 saturated heterocycles. The predicted octanol–water partition coefficient (Wildman–Crippen LogP) is 4.07. The highest BCUT2D eigenvalue weighted by molar-refractivity contribution is 5.59. The van der Waals surface area contributed by atoms with E-state index in [1.807, 2.05) is 48.5 Å². The van der Waals surface area contributed by atoms with E-state index in [1.54, 1.807) is 19.5 Å². The Morgan fingerprint density at radius 3 is 2.65 bits per heavy atom. The summed E-state index contributed by atoms with van der Waals surface area (Å²) in [5.74, 6) is 2.72. The number of methoxy groups -OCH3 is 1. The molecule has 2 aromatic carbocycles. The molecular weight excluding hydrogens is 392 g/mol. The highest BCUT2D eigenvalue weighted by Crippen LogP contribution is 2.25. The van der Waals surface area contributed by atoms with Crippen LogP contribution in [0.1, 0.15) is 5.56 Å². The lowest BCUT2D eigenvalue weighted by Gasteiger charge is -2.39. The molecule has 0 radical (unpaired) electrons. The molecule has 5 rings (SSSR count). The first-order valence-corrected chi connectivity index (χ1v) is 10.1. The molecule has 7 nitrogen and oxygen atoms in total. The van der Waals surface area contributed by atoms with E-state index in [2.05, 4.69) is 32.2 Å². The number of hydrogen-bond donors (Lipinski definition) is 0. The van der Waals surface area contributed by atoms with Gasteiger partial charge in [0.05, 0.1) is 12.7 Å². The van der Waals surface area contributed by atoms with E-state index in [0.29, 0.717) is 11.7 Å². The van der Waals surface area contributed by atoms with Gasteiger partial charge in [-0.25, -0.2) is 0 Å². The Morgan fingerprint density at radius 2 is 1.87 bits per heavy atom. The zero-order valence-electron chi connectivity index (χ0n) is 17.1. The lowest BCUT2D eigenvalue weighted by Crippen LogP contribution is -2.53. The first-order valence-electron chi connectivity index (χ1n) is 10.1. The molecule has 1 fully saturated rings. The second-order valence-corrected chi connectivity index (χ2v) is 7.47. The van der Waals surface area contributed by atoms with Gasteiger partial charge in [-0.3, -0.25) is 9.88 Å². The number of pyridine rings is 1. The summed E-state index contributed by atoms with van der Waals surface area (Å²) in [6.07, 6.45) is 3.60. The molecule has 0 aliphatic carbocycles. The Labute approximate surface area is 180 Å². The largest absolute Gasteiger partial charge is 0.497 e. The summed E-state index contributed by atoms with van der Waals surface area (Å²) in [7, 11) is 1.69. The molecule has 0 spiro atoms. The molecule has 31 heavy (non-hydrogen) atoms. The van der Waals surface area contributed by atoms with Crippen LogP contribution < -0.4 is 9.47 Å². The lowest BCUT2D eigenvalue weighted by molar-refractivity contribution is 0.0145. The second kappa shape index (κ2) is 8.57. The van der Waals surface area contributed by atoms with Gasteiger partial charge in [0.15, 0.2) is 0 Å². The summed E-state index contributed by atoms with van der Waals surface area (Å²) in [6.45, 7) is 2.70. The van der Waals surface area contributed by atoms with Crippen molar-refractivity contribution in [3.63, 3.8) is 0 Å². The van der Waals surface area contributed by atoms with Crippen molar-refractivity contribution in [3.8, 4) is 34.3 Å². The van der Waals surface area contributed by atoms with Crippen molar-refractivity contribution in [1.82, 2.24) is 20.0 Å². The van der Waals surface area contributed by atoms with Crippen LogP contribution in [0.2, 0.25) is 0 Å². The number of likely N-dealkylation sites (tertiary alicyclic amines) is 1. The van der Waals surface area contributed by atoms with Gasteiger partial charge in [-0.2, -0.15) is 4.98 Å². The Hall–Kier alpha value is -3.71. The van der Waals surface area contributed by atoms with Gasteiger partial charge in [-0.1, -0.05) is 17.3 Å². The van der Waals surface area contributed by atoms with Gasteiger partial charge in [0, 0.05) is 37.6 Å². The van der Waals surface area contributed by atoms with Crippen LogP contribution in [-0.2, 0) is 6.54 Å². The zero-order valence-corrected chi connectivity index (χ0v) is 17.1. The third kappa shape index (κ3) is 4.41. The van der Waals surface area contributed by atoms with Gasteiger partial charge in [0.1, 0.15) is 17.6 Å². The summed E-state index contributed by atoms with van der Waals surface area (Å²) in [6, 6.07) is 19.7. The average molecular weight is 414 g/mol. The SMILES string of the molecule is COc1cccc(CN2CC(Oc3ccc(-c4noc(-c5cccnc5)n4)cc3)C2)c1. The van der Waals surface area contributed by atoms with Crippen LogP contribution in [0, 0.1) is 0 Å². The van der Waals surface area contributed by atoms with Crippen LogP contribution in [0.15, 0.2) is 77.6 Å². The standard InChI is InChI=1S/C24H22N4O3/c1-29-21-6-2-4-17(12-21)14-28-15-22(16-28)30-20-9-7-18(8-10-20)23-26-24(31-27-23)19-5-3-11-25-13-19/h2-13,22H,14-16H2,1H3. The number of hydrogen-bond acceptors (Lipinski definition) is 7. The van der Waals surface area contributed by atoms with Crippen LogP contribution >= 0.6 is 0 Å². The molecule has 0 N–H and O–H groups in total. The zero-order chi connectivity index (χ0) is 21.0. The fourth-order valence-corrected chi connectivity index (χ4v) is 3.58. The molecule has 0 saturated carbocycles. The van der Waals surface area contributed by atoms with Crippen LogP contribution in [0.25, 0.3) is 22.8 Å². The predicted molar refractivity (Wildman–Crippen MR) is 116 cm³/mol. The van der Waals surface area contributed by atoms with E-state index >= 15 is 0 Å². The van der Waals surface area contributed by atoms with Gasteiger partial charge in [-0.15, -0.1) is 0 Å². The van der Waals surface area contributed by atoms with E-state index in [0.717, 1.165) is 42.3 Å². The number of rotatable bonds is 7. The highest BCUT2D eigenvalue weighted by atomic mass is 16.5. The summed E-state index contributed by atoms with van der Waals surface area (Å²) >= 11 is 0. The molecule has 3 heterocycles. The Bertz CT molecular complexity index is 1140. The minimum absolute atomic E-state index is 0.193. The quantitative estimate of drug-likeness (QED) is 0.451. The number of nitrogens with zero attached hydrogens (tertiary/aromatic N) is 4. The normalized spacial score (nSPS) is 14.2. The number of aromatic nitrogens is 3. The monoisotopic (exact) mass is 414 g/mol. The van der Waals surface area contributed by atoms with Gasteiger partial charge in [-0.05, 0) is 54.1 Å². The summed E-state index contributed by atoms with van der Waals surface area (Å²) in [5, 5.41) is 4.07. The maximum Gasteiger partial charge on any atom is 0.259 e. The van der Waals surface area contributed by atoms with Gasteiger partial charge >= 0.3 is 0 Å². The molecule has 0 bridgehead atoms. The summed E-state index contributed by atoms with van der Waals surface area (Å²) in [5.41, 5.74) is 2.91. The van der Waals surface area contributed by atoms with Crippen molar-refractivity contribution < 1.29 is 14.0 Å². The molecule has 0 atom stereocenters. The molecule has 1 aliphatic rings. The molecule has 156 valence electrons. The van der Waals surface area contributed by atoms with Crippen LogP contribution in [0.5, 0.6) is 11.5 Å². The van der Waals surface area contributed by atoms with Crippen molar-refractivity contribution >= 4 is 0 Å². The minimum atomic E-state index is 0.193. The van der Waals surface area contributed by atoms with Gasteiger partial charge in [0.2, 0.25) is 5.82 Å². The first kappa shape index (κ1) is 19.3. The van der Waals surface area contributed by atoms with Crippen molar-refractivity contribution in [2.24, 2.45) is 0 Å². The van der Waals surface area contributed by atoms with Crippen molar-refractivity contribution in [1.29, 1.82) is 0 Å². The molecule has 0 unspecified atom stereocenters. The van der Waals surface area contributed by atoms with E-state index in [-0.39, 0.29) is 6.10 Å². The Morgan fingerprint density at radius 1 is 1.00 bits per heavy atom. The van der Waals surface area contributed by atoms with Crippen LogP contribution in [0.4, 0.5) is 0 Å². The third-order valence-corrected chi connectivity index (χ3v) is 5.21. The maximum atomic E-state index is 6.09. The van der Waals surface area contributed by atoms with Gasteiger partial charge in [0.25, 0.3) is 5.89 Å². The summed E-state index contributed by atoms with van der Waals surface area (Å²) in [4.78, 5) is 10.9. The fraction of sp³-hybridized carbons (Fsp3) is 0.208. The van der Waals surface area contributed by atoms with Crippen LogP contribution in [-0.4, -0.2) is 46.3 Å². The van der Waals surface area contributed by atoms with Crippen molar-refractivity contribution in [2.45, 2.75) is 12.6 Å². The Kier molecular flexibility index (Phi) is 5.33. The van der Waals surface area contributed by atoms with E-state index in [4.69, 9.17) is 14.0 Å². The molecule has 7 heteroatoms. The fourth-order valence-electron chi connectivity index (χ4n) is 3.58. The molecule has 4 aromatic rings. The van der Waals surface area contributed by atoms with Crippen LogP contribution in [0.3, 0.4) is 0 Å². The average Bonchev–Trinajstić information content (AvgIpc) is 3.29. The maximum absolute atomic E-state index is 6.09. The minimum Gasteiger partial charge on any atom is -0.497 e. The molecule has 2 aromatic heterocycles. The molecular formula is C24H22N4O3. The highest BCUT2D eigenvalue weighted by Gasteiger charge is 2.28. The van der Waals surface area contributed by atoms with E-state index < -0.39 is 0 Å². The second-order valence-electron chi connectivity index (χ2n) is 7.47. The van der Waals surface area contributed by atoms with Crippen molar-refractivity contribution in [2.75, 3.05) is 20.2 Å². The third-order valence-electron chi connectivity index (χ3n) is 5.21.